The lowest BCUT2D eigenvalue weighted by molar-refractivity contribution is -0.117. The number of aryl methyl sites for hydroxylation is 3. The maximum absolute atomic E-state index is 12.7. The van der Waals surface area contributed by atoms with Crippen LogP contribution in [0, 0.1) is 13.8 Å². The molecule has 0 aliphatic carbocycles. The number of aromatic nitrogens is 1. The normalized spacial score (nSPS) is 10.7. The highest BCUT2D eigenvalue weighted by Gasteiger charge is 2.18. The predicted molar refractivity (Wildman–Crippen MR) is 83.8 cm³/mol. The van der Waals surface area contributed by atoms with E-state index in [9.17, 15) is 9.59 Å². The van der Waals surface area contributed by atoms with Crippen molar-refractivity contribution in [2.45, 2.75) is 33.6 Å². The Hall–Kier alpha value is -2.16. The van der Waals surface area contributed by atoms with Crippen LogP contribution in [0.2, 0.25) is 0 Å². The fourth-order valence-electron chi connectivity index (χ4n) is 2.54. The maximum atomic E-state index is 12.7. The third kappa shape index (κ3) is 3.30. The van der Waals surface area contributed by atoms with E-state index in [-0.39, 0.29) is 11.6 Å². The molecule has 0 bridgehead atoms. The first-order valence-corrected chi connectivity index (χ1v) is 7.16. The summed E-state index contributed by atoms with van der Waals surface area (Å²) < 4.78 is 1.92. The Kier molecular flexibility index (Phi) is 4.41. The Morgan fingerprint density at radius 3 is 2.29 bits per heavy atom. The Morgan fingerprint density at radius 2 is 1.71 bits per heavy atom. The van der Waals surface area contributed by atoms with Gasteiger partial charge in [0.15, 0.2) is 0 Å². The van der Waals surface area contributed by atoms with Crippen LogP contribution in [0.25, 0.3) is 0 Å². The largest absolute Gasteiger partial charge is 0.345 e. The van der Waals surface area contributed by atoms with Crippen molar-refractivity contribution in [3.63, 3.8) is 0 Å². The second-order valence-corrected chi connectivity index (χ2v) is 5.62. The molecule has 1 aromatic carbocycles. The SMILES string of the molecule is CC(=O)CCc1cc(C)c(C(=O)c2ccc(C)cc2)n1C. The zero-order valence-corrected chi connectivity index (χ0v) is 13.1. The number of rotatable bonds is 5. The number of nitrogens with zero attached hydrogens (tertiary/aromatic N) is 1. The van der Waals surface area contributed by atoms with E-state index in [1.54, 1.807) is 6.92 Å². The highest BCUT2D eigenvalue weighted by atomic mass is 16.1. The van der Waals surface area contributed by atoms with Gasteiger partial charge in [0.25, 0.3) is 0 Å². The molecule has 1 aromatic heterocycles. The van der Waals surface area contributed by atoms with Crippen LogP contribution in [0.5, 0.6) is 0 Å². The molecular weight excluding hydrogens is 262 g/mol. The van der Waals surface area contributed by atoms with Crippen LogP contribution in [0.15, 0.2) is 30.3 Å². The second-order valence-electron chi connectivity index (χ2n) is 5.62. The molecule has 0 saturated heterocycles. The van der Waals surface area contributed by atoms with Gasteiger partial charge in [-0.25, -0.2) is 0 Å². The van der Waals surface area contributed by atoms with E-state index in [1.807, 2.05) is 55.8 Å². The summed E-state index contributed by atoms with van der Waals surface area (Å²) in [4.78, 5) is 23.8. The summed E-state index contributed by atoms with van der Waals surface area (Å²) in [5.74, 6) is 0.198. The molecule has 21 heavy (non-hydrogen) atoms. The van der Waals surface area contributed by atoms with E-state index in [1.165, 1.54) is 0 Å². The van der Waals surface area contributed by atoms with Gasteiger partial charge in [-0.1, -0.05) is 29.8 Å². The molecule has 110 valence electrons. The molecule has 0 aliphatic rings. The molecule has 0 aliphatic heterocycles. The molecule has 0 spiro atoms. The summed E-state index contributed by atoms with van der Waals surface area (Å²) >= 11 is 0. The van der Waals surface area contributed by atoms with E-state index in [0.29, 0.717) is 24.1 Å². The molecule has 2 rings (SSSR count). The van der Waals surface area contributed by atoms with Crippen molar-refractivity contribution in [3.8, 4) is 0 Å². The number of benzene rings is 1. The van der Waals surface area contributed by atoms with Crippen molar-refractivity contribution in [1.29, 1.82) is 0 Å². The number of hydrogen-bond acceptors (Lipinski definition) is 2. The molecule has 2 aromatic rings. The zero-order chi connectivity index (χ0) is 15.6. The molecule has 0 amide bonds. The highest BCUT2D eigenvalue weighted by molar-refractivity contribution is 6.09. The lowest BCUT2D eigenvalue weighted by atomic mass is 10.0. The van der Waals surface area contributed by atoms with Crippen molar-refractivity contribution >= 4 is 11.6 Å². The van der Waals surface area contributed by atoms with E-state index in [4.69, 9.17) is 0 Å². The van der Waals surface area contributed by atoms with Gasteiger partial charge in [0, 0.05) is 24.7 Å². The summed E-state index contributed by atoms with van der Waals surface area (Å²) in [6, 6.07) is 9.62. The summed E-state index contributed by atoms with van der Waals surface area (Å²) in [5.41, 5.74) is 4.53. The van der Waals surface area contributed by atoms with Gasteiger partial charge in [0.05, 0.1) is 5.69 Å². The average molecular weight is 283 g/mol. The van der Waals surface area contributed by atoms with Crippen LogP contribution in [-0.4, -0.2) is 16.1 Å². The van der Waals surface area contributed by atoms with Gasteiger partial charge in [-0.3, -0.25) is 4.79 Å². The molecule has 0 radical (unpaired) electrons. The first kappa shape index (κ1) is 15.2. The van der Waals surface area contributed by atoms with Crippen LogP contribution in [0.3, 0.4) is 0 Å². The number of hydrogen-bond donors (Lipinski definition) is 0. The van der Waals surface area contributed by atoms with Gasteiger partial charge in [-0.2, -0.15) is 0 Å². The fraction of sp³-hybridized carbons (Fsp3) is 0.333. The standard InChI is InChI=1S/C18H21NO2/c1-12-5-8-15(9-6-12)18(21)17-13(2)11-16(19(17)4)10-7-14(3)20/h5-6,8-9,11H,7,10H2,1-4H3. The fourth-order valence-corrected chi connectivity index (χ4v) is 2.54. The molecule has 3 heteroatoms. The maximum Gasteiger partial charge on any atom is 0.209 e. The Labute approximate surface area is 125 Å². The van der Waals surface area contributed by atoms with Crippen LogP contribution in [0.1, 0.15) is 46.2 Å². The summed E-state index contributed by atoms with van der Waals surface area (Å²) in [7, 11) is 1.89. The molecule has 0 N–H and O–H groups in total. The molecule has 0 saturated carbocycles. The van der Waals surface area contributed by atoms with Crippen LogP contribution in [-0.2, 0) is 18.3 Å². The second kappa shape index (κ2) is 6.08. The van der Waals surface area contributed by atoms with Gasteiger partial charge in [0.1, 0.15) is 5.78 Å². The molecule has 0 fully saturated rings. The Balaban J connectivity index is 2.33. The molecule has 0 atom stereocenters. The van der Waals surface area contributed by atoms with Crippen molar-refractivity contribution in [2.24, 2.45) is 7.05 Å². The van der Waals surface area contributed by atoms with Crippen LogP contribution in [0.4, 0.5) is 0 Å². The zero-order valence-electron chi connectivity index (χ0n) is 13.1. The minimum absolute atomic E-state index is 0.0316. The minimum atomic E-state index is 0.0316. The third-order valence-electron chi connectivity index (χ3n) is 3.78. The summed E-state index contributed by atoms with van der Waals surface area (Å²) in [6.07, 6.45) is 1.18. The first-order valence-electron chi connectivity index (χ1n) is 7.16. The average Bonchev–Trinajstić information content (AvgIpc) is 2.71. The van der Waals surface area contributed by atoms with E-state index in [0.717, 1.165) is 16.8 Å². The van der Waals surface area contributed by atoms with E-state index in [2.05, 4.69) is 0 Å². The van der Waals surface area contributed by atoms with Crippen molar-refractivity contribution < 1.29 is 9.59 Å². The third-order valence-corrected chi connectivity index (χ3v) is 3.78. The molecular formula is C18H21NO2. The topological polar surface area (TPSA) is 39.1 Å². The highest BCUT2D eigenvalue weighted by Crippen LogP contribution is 2.19. The van der Waals surface area contributed by atoms with E-state index < -0.39 is 0 Å². The van der Waals surface area contributed by atoms with Gasteiger partial charge < -0.3 is 9.36 Å². The number of Topliss-reactive ketones (excluding diaryl/α,β-unsaturated/α-hetero) is 1. The summed E-state index contributed by atoms with van der Waals surface area (Å²) in [5, 5.41) is 0. The number of carbonyl (C=O) groups is 2. The van der Waals surface area contributed by atoms with E-state index >= 15 is 0 Å². The van der Waals surface area contributed by atoms with Gasteiger partial charge in [0.2, 0.25) is 5.78 Å². The first-order chi connectivity index (χ1) is 9.90. The van der Waals surface area contributed by atoms with Gasteiger partial charge >= 0.3 is 0 Å². The Bertz CT molecular complexity index is 678. The summed E-state index contributed by atoms with van der Waals surface area (Å²) in [6.45, 7) is 5.54. The van der Waals surface area contributed by atoms with Crippen molar-refractivity contribution in [2.75, 3.05) is 0 Å². The smallest absolute Gasteiger partial charge is 0.209 e. The lowest BCUT2D eigenvalue weighted by Gasteiger charge is -2.08. The number of carbonyl (C=O) groups excluding carboxylic acids is 2. The Morgan fingerprint density at radius 1 is 1.10 bits per heavy atom. The van der Waals surface area contributed by atoms with Crippen LogP contribution < -0.4 is 0 Å². The van der Waals surface area contributed by atoms with Gasteiger partial charge in [-0.05, 0) is 38.8 Å². The molecule has 3 nitrogen and oxygen atoms in total. The predicted octanol–water partition coefficient (Wildman–Crippen LogP) is 3.39. The van der Waals surface area contributed by atoms with Crippen molar-refractivity contribution in [3.05, 3.63) is 58.4 Å². The van der Waals surface area contributed by atoms with Gasteiger partial charge in [-0.15, -0.1) is 0 Å². The lowest BCUT2D eigenvalue weighted by Crippen LogP contribution is -2.11. The van der Waals surface area contributed by atoms with Crippen molar-refractivity contribution in [1.82, 2.24) is 4.57 Å². The minimum Gasteiger partial charge on any atom is -0.345 e. The molecule has 0 unspecified atom stereocenters. The van der Waals surface area contributed by atoms with Crippen LogP contribution >= 0.6 is 0 Å². The monoisotopic (exact) mass is 283 g/mol. The number of ketones is 2. The molecule has 1 heterocycles. The quantitative estimate of drug-likeness (QED) is 0.789.